The van der Waals surface area contributed by atoms with Crippen molar-refractivity contribution in [3.63, 3.8) is 0 Å². The van der Waals surface area contributed by atoms with Crippen LogP contribution in [0.5, 0.6) is 0 Å². The molecule has 0 bridgehead atoms. The average molecular weight is 299 g/mol. The molecule has 1 aliphatic carbocycles. The first kappa shape index (κ1) is 14.8. The summed E-state index contributed by atoms with van der Waals surface area (Å²) in [6.07, 6.45) is 3.85. The van der Waals surface area contributed by atoms with E-state index >= 15 is 0 Å². The molecular weight excluding hydrogens is 274 g/mol. The van der Waals surface area contributed by atoms with Crippen LogP contribution in [-0.4, -0.2) is 0 Å². The van der Waals surface area contributed by atoms with Gasteiger partial charge in [0.25, 0.3) is 0 Å². The van der Waals surface area contributed by atoms with Gasteiger partial charge in [0.15, 0.2) is 0 Å². The van der Waals surface area contributed by atoms with Gasteiger partial charge in [-0.2, -0.15) is 0 Å². The first-order valence-corrected chi connectivity index (χ1v) is 8.94. The predicted octanol–water partition coefficient (Wildman–Crippen LogP) is 5.28. The van der Waals surface area contributed by atoms with Crippen LogP contribution < -0.4 is 5.32 Å². The van der Waals surface area contributed by atoms with Crippen molar-refractivity contribution in [2.45, 2.75) is 52.1 Å². The van der Waals surface area contributed by atoms with E-state index in [2.05, 4.69) is 61.8 Å². The van der Waals surface area contributed by atoms with Crippen molar-refractivity contribution in [3.05, 3.63) is 57.3 Å². The number of nitrogens with one attached hydrogen (secondary N) is 1. The SMILES string of the molecule is CC(NC(c1cccs1)C(C)C)c1ccc2c(c1)CCC2. The number of benzene rings is 1. The molecule has 0 radical (unpaired) electrons. The highest BCUT2D eigenvalue weighted by Gasteiger charge is 2.20. The highest BCUT2D eigenvalue weighted by atomic mass is 32.1. The van der Waals surface area contributed by atoms with Crippen LogP contribution in [0.4, 0.5) is 0 Å². The summed E-state index contributed by atoms with van der Waals surface area (Å²) in [5.41, 5.74) is 4.56. The molecule has 21 heavy (non-hydrogen) atoms. The smallest absolute Gasteiger partial charge is 0.0442 e. The molecule has 1 heterocycles. The van der Waals surface area contributed by atoms with Crippen molar-refractivity contribution in [1.82, 2.24) is 5.32 Å². The van der Waals surface area contributed by atoms with Crippen LogP contribution in [-0.2, 0) is 12.8 Å². The third-order valence-electron chi connectivity index (χ3n) is 4.57. The van der Waals surface area contributed by atoms with Crippen molar-refractivity contribution in [1.29, 1.82) is 0 Å². The third-order valence-corrected chi connectivity index (χ3v) is 5.52. The largest absolute Gasteiger partial charge is 0.302 e. The third kappa shape index (κ3) is 3.22. The average Bonchev–Trinajstić information content (AvgIpc) is 3.14. The van der Waals surface area contributed by atoms with Gasteiger partial charge >= 0.3 is 0 Å². The molecule has 1 aliphatic rings. The molecule has 0 amide bonds. The Morgan fingerprint density at radius 2 is 1.86 bits per heavy atom. The van der Waals surface area contributed by atoms with Crippen LogP contribution in [0.2, 0.25) is 0 Å². The number of aryl methyl sites for hydroxylation is 2. The lowest BCUT2D eigenvalue weighted by Gasteiger charge is -2.26. The maximum Gasteiger partial charge on any atom is 0.0442 e. The highest BCUT2D eigenvalue weighted by Crippen LogP contribution is 2.30. The van der Waals surface area contributed by atoms with Crippen LogP contribution in [0, 0.1) is 5.92 Å². The Morgan fingerprint density at radius 1 is 1.05 bits per heavy atom. The summed E-state index contributed by atoms with van der Waals surface area (Å²) < 4.78 is 0. The van der Waals surface area contributed by atoms with Gasteiger partial charge in [0, 0.05) is 17.0 Å². The molecule has 0 fully saturated rings. The van der Waals surface area contributed by atoms with Crippen LogP contribution >= 0.6 is 11.3 Å². The number of fused-ring (bicyclic) bond motifs is 1. The van der Waals surface area contributed by atoms with Gasteiger partial charge in [-0.1, -0.05) is 38.1 Å². The van der Waals surface area contributed by atoms with Crippen LogP contribution in [0.3, 0.4) is 0 Å². The van der Waals surface area contributed by atoms with Gasteiger partial charge < -0.3 is 5.32 Å². The van der Waals surface area contributed by atoms with E-state index in [1.807, 2.05) is 11.3 Å². The summed E-state index contributed by atoms with van der Waals surface area (Å²) in [7, 11) is 0. The van der Waals surface area contributed by atoms with E-state index in [1.165, 1.54) is 29.7 Å². The zero-order chi connectivity index (χ0) is 14.8. The molecule has 2 aromatic rings. The molecule has 3 rings (SSSR count). The lowest BCUT2D eigenvalue weighted by molar-refractivity contribution is 0.379. The zero-order valence-corrected chi connectivity index (χ0v) is 14.0. The minimum absolute atomic E-state index is 0.394. The lowest BCUT2D eigenvalue weighted by Crippen LogP contribution is -2.27. The predicted molar refractivity (Wildman–Crippen MR) is 91.9 cm³/mol. The first-order chi connectivity index (χ1) is 10.1. The number of rotatable bonds is 5. The summed E-state index contributed by atoms with van der Waals surface area (Å²) >= 11 is 1.85. The maximum atomic E-state index is 3.84. The Kier molecular flexibility index (Phi) is 4.46. The van der Waals surface area contributed by atoms with E-state index < -0.39 is 0 Å². The highest BCUT2D eigenvalue weighted by molar-refractivity contribution is 7.10. The molecule has 0 aliphatic heterocycles. The monoisotopic (exact) mass is 299 g/mol. The van der Waals surface area contributed by atoms with Crippen LogP contribution in [0.25, 0.3) is 0 Å². The summed E-state index contributed by atoms with van der Waals surface area (Å²) in [5, 5.41) is 6.01. The Bertz CT molecular complexity index is 586. The van der Waals surface area contributed by atoms with Crippen LogP contribution in [0.15, 0.2) is 35.7 Å². The molecule has 0 saturated carbocycles. The Hall–Kier alpha value is -1.12. The standard InChI is InChI=1S/C19H25NS/c1-13(2)19(18-8-5-11-21-18)20-14(3)16-10-9-15-6-4-7-17(15)12-16/h5,8-14,19-20H,4,6-7H2,1-3H3. The van der Waals surface area contributed by atoms with E-state index in [4.69, 9.17) is 0 Å². The van der Waals surface area contributed by atoms with Gasteiger partial charge in [0.05, 0.1) is 0 Å². The van der Waals surface area contributed by atoms with Gasteiger partial charge in [0.1, 0.15) is 0 Å². The van der Waals surface area contributed by atoms with Gasteiger partial charge in [-0.15, -0.1) is 11.3 Å². The fraction of sp³-hybridized carbons (Fsp3) is 0.474. The van der Waals surface area contributed by atoms with Crippen molar-refractivity contribution >= 4 is 11.3 Å². The topological polar surface area (TPSA) is 12.0 Å². The number of hydrogen-bond donors (Lipinski definition) is 1. The van der Waals surface area contributed by atoms with Gasteiger partial charge in [-0.25, -0.2) is 0 Å². The quantitative estimate of drug-likeness (QED) is 0.791. The van der Waals surface area contributed by atoms with Crippen molar-refractivity contribution in [2.75, 3.05) is 0 Å². The summed E-state index contributed by atoms with van der Waals surface area (Å²) in [6.45, 7) is 6.89. The number of thiophene rings is 1. The van der Waals surface area contributed by atoms with E-state index in [1.54, 1.807) is 11.1 Å². The zero-order valence-electron chi connectivity index (χ0n) is 13.2. The molecule has 2 atom stereocenters. The number of hydrogen-bond acceptors (Lipinski definition) is 2. The molecule has 2 unspecified atom stereocenters. The first-order valence-electron chi connectivity index (χ1n) is 8.06. The van der Waals surface area contributed by atoms with Crippen molar-refractivity contribution in [2.24, 2.45) is 5.92 Å². The molecule has 0 saturated heterocycles. The molecule has 112 valence electrons. The molecule has 1 aromatic heterocycles. The van der Waals surface area contributed by atoms with E-state index in [9.17, 15) is 0 Å². The second-order valence-corrected chi connectivity index (χ2v) is 7.49. The second kappa shape index (κ2) is 6.33. The summed E-state index contributed by atoms with van der Waals surface area (Å²) in [5.74, 6) is 0.598. The molecule has 0 spiro atoms. The van der Waals surface area contributed by atoms with Crippen LogP contribution in [0.1, 0.15) is 60.8 Å². The van der Waals surface area contributed by atoms with E-state index in [0.29, 0.717) is 18.0 Å². The van der Waals surface area contributed by atoms with E-state index in [-0.39, 0.29) is 0 Å². The van der Waals surface area contributed by atoms with Crippen molar-refractivity contribution in [3.8, 4) is 0 Å². The normalized spacial score (nSPS) is 17.0. The maximum absolute atomic E-state index is 3.84. The summed E-state index contributed by atoms with van der Waals surface area (Å²) in [6, 6.07) is 12.3. The Morgan fingerprint density at radius 3 is 2.57 bits per heavy atom. The fourth-order valence-electron chi connectivity index (χ4n) is 3.30. The minimum atomic E-state index is 0.394. The van der Waals surface area contributed by atoms with Gasteiger partial charge in [-0.05, 0) is 60.2 Å². The van der Waals surface area contributed by atoms with Crippen molar-refractivity contribution < 1.29 is 0 Å². The Labute approximate surface area is 132 Å². The fourth-order valence-corrected chi connectivity index (χ4v) is 4.26. The minimum Gasteiger partial charge on any atom is -0.302 e. The summed E-state index contributed by atoms with van der Waals surface area (Å²) in [4.78, 5) is 1.44. The molecule has 2 heteroatoms. The Balaban J connectivity index is 1.77. The second-order valence-electron chi connectivity index (χ2n) is 6.51. The van der Waals surface area contributed by atoms with Gasteiger partial charge in [0.2, 0.25) is 0 Å². The molecule has 1 N–H and O–H groups in total. The van der Waals surface area contributed by atoms with E-state index in [0.717, 1.165) is 0 Å². The lowest BCUT2D eigenvalue weighted by atomic mass is 9.98. The molecule has 1 nitrogen and oxygen atoms in total. The molecule has 1 aromatic carbocycles. The molecular formula is C19H25NS. The van der Waals surface area contributed by atoms with Gasteiger partial charge in [-0.3, -0.25) is 0 Å².